The van der Waals surface area contributed by atoms with Crippen molar-refractivity contribution < 1.29 is 18.1 Å². The highest BCUT2D eigenvalue weighted by atomic mass is 35.5. The summed E-state index contributed by atoms with van der Waals surface area (Å²) < 4.78 is 29.5. The molecule has 5 rings (SSSR count). The third kappa shape index (κ3) is 3.88. The minimum atomic E-state index is -0.517. The molecule has 32 heavy (non-hydrogen) atoms. The molecule has 2 aromatic carbocycles. The Morgan fingerprint density at radius 1 is 1.16 bits per heavy atom. The van der Waals surface area contributed by atoms with E-state index in [1.165, 1.54) is 30.6 Å². The molecule has 0 spiro atoms. The van der Waals surface area contributed by atoms with Crippen LogP contribution in [0.2, 0.25) is 5.02 Å². The predicted octanol–water partition coefficient (Wildman–Crippen LogP) is 5.36. The topological polar surface area (TPSA) is 91.3 Å². The van der Waals surface area contributed by atoms with Crippen molar-refractivity contribution in [1.82, 2.24) is 15.1 Å². The summed E-state index contributed by atoms with van der Waals surface area (Å²) in [6.45, 7) is 0. The number of rotatable bonds is 5. The first-order valence-electron chi connectivity index (χ1n) is 9.35. The summed E-state index contributed by atoms with van der Waals surface area (Å²) in [6, 6.07) is 11.1. The van der Waals surface area contributed by atoms with Crippen LogP contribution in [0.5, 0.6) is 5.75 Å². The Bertz CT molecular complexity index is 1510. The molecule has 3 aromatic heterocycles. The quantitative estimate of drug-likeness (QED) is 0.320. The van der Waals surface area contributed by atoms with Gasteiger partial charge in [-0.2, -0.15) is 4.98 Å². The van der Waals surface area contributed by atoms with E-state index < -0.39 is 11.4 Å². The molecule has 5 aromatic rings. The zero-order chi connectivity index (χ0) is 22.2. The molecule has 7 nitrogen and oxygen atoms in total. The van der Waals surface area contributed by atoms with Crippen molar-refractivity contribution in [2.24, 2.45) is 0 Å². The molecule has 0 aliphatic heterocycles. The number of halogens is 2. The number of hydrogen-bond acceptors (Lipinski definition) is 8. The SMILES string of the molecule is COc1ccc(-c2noc(Cc3nc(-c4cc5cc(Cl)ccc5oc4=O)cs3)n2)cc1F. The monoisotopic (exact) mass is 469 g/mol. The van der Waals surface area contributed by atoms with Crippen molar-refractivity contribution in [2.75, 3.05) is 7.11 Å². The first-order valence-corrected chi connectivity index (χ1v) is 10.6. The van der Waals surface area contributed by atoms with Crippen LogP contribution in [0.1, 0.15) is 10.9 Å². The third-order valence-corrected chi connectivity index (χ3v) is 5.79. The zero-order valence-corrected chi connectivity index (χ0v) is 18.0. The largest absolute Gasteiger partial charge is 0.494 e. The summed E-state index contributed by atoms with van der Waals surface area (Å²) in [4.78, 5) is 21.2. The molecule has 0 saturated carbocycles. The zero-order valence-electron chi connectivity index (χ0n) is 16.5. The number of nitrogens with zero attached hydrogens (tertiary/aromatic N) is 3. The number of aromatic nitrogens is 3. The maximum absolute atomic E-state index is 13.9. The van der Waals surface area contributed by atoms with Crippen LogP contribution < -0.4 is 10.4 Å². The average Bonchev–Trinajstić information content (AvgIpc) is 3.43. The molecule has 0 atom stereocenters. The Morgan fingerprint density at radius 2 is 2.03 bits per heavy atom. The third-order valence-electron chi connectivity index (χ3n) is 4.70. The molecule has 0 N–H and O–H groups in total. The van der Waals surface area contributed by atoms with E-state index in [0.717, 1.165) is 0 Å². The molecule has 0 fully saturated rings. The van der Waals surface area contributed by atoms with E-state index in [9.17, 15) is 9.18 Å². The van der Waals surface area contributed by atoms with E-state index in [1.54, 1.807) is 35.7 Å². The second-order valence-corrected chi connectivity index (χ2v) is 8.17. The summed E-state index contributed by atoms with van der Waals surface area (Å²) in [5.41, 5.74) is 1.25. The fourth-order valence-corrected chi connectivity index (χ4v) is 4.13. The first kappa shape index (κ1) is 20.3. The van der Waals surface area contributed by atoms with Crippen LogP contribution in [-0.2, 0) is 6.42 Å². The summed E-state index contributed by atoms with van der Waals surface area (Å²) in [6.07, 6.45) is 0.265. The van der Waals surface area contributed by atoms with Crippen LogP contribution in [0.3, 0.4) is 0 Å². The van der Waals surface area contributed by atoms with Crippen LogP contribution in [0, 0.1) is 5.82 Å². The smallest absolute Gasteiger partial charge is 0.345 e. The average molecular weight is 470 g/mol. The standard InChI is InChI=1S/C22H13ClFN3O4S/c1-29-18-4-2-11(8-15(18)24)21-26-19(31-27-21)9-20-25-16(10-32-20)14-7-12-6-13(23)3-5-17(12)30-22(14)28/h2-8,10H,9H2,1H3. The number of methoxy groups -OCH3 is 1. The number of hydrogen-bond donors (Lipinski definition) is 0. The number of thiazole rings is 1. The van der Waals surface area contributed by atoms with Crippen LogP contribution in [0.25, 0.3) is 33.6 Å². The second-order valence-electron chi connectivity index (χ2n) is 6.79. The lowest BCUT2D eigenvalue weighted by Gasteiger charge is -2.01. The Morgan fingerprint density at radius 3 is 2.84 bits per heavy atom. The molecule has 0 aliphatic rings. The highest BCUT2D eigenvalue weighted by Crippen LogP contribution is 2.27. The van der Waals surface area contributed by atoms with E-state index >= 15 is 0 Å². The molecule has 0 bridgehead atoms. The summed E-state index contributed by atoms with van der Waals surface area (Å²) in [5.74, 6) is 0.185. The van der Waals surface area contributed by atoms with Crippen molar-refractivity contribution in [3.05, 3.63) is 80.0 Å². The number of ether oxygens (including phenoxy) is 1. The van der Waals surface area contributed by atoms with Gasteiger partial charge in [-0.3, -0.25) is 0 Å². The fraction of sp³-hybridized carbons (Fsp3) is 0.0909. The van der Waals surface area contributed by atoms with E-state index in [0.29, 0.717) is 43.7 Å². The molecule has 0 unspecified atom stereocenters. The van der Waals surface area contributed by atoms with E-state index in [2.05, 4.69) is 15.1 Å². The Kier molecular flexibility index (Phi) is 5.20. The van der Waals surface area contributed by atoms with E-state index in [-0.39, 0.29) is 18.0 Å². The minimum absolute atomic E-state index is 0.133. The van der Waals surface area contributed by atoms with Gasteiger partial charge in [-0.25, -0.2) is 14.2 Å². The minimum Gasteiger partial charge on any atom is -0.494 e. The summed E-state index contributed by atoms with van der Waals surface area (Å²) >= 11 is 7.38. The lowest BCUT2D eigenvalue weighted by Crippen LogP contribution is -2.03. The van der Waals surface area contributed by atoms with Crippen LogP contribution in [0.4, 0.5) is 4.39 Å². The Balaban J connectivity index is 1.40. The lowest BCUT2D eigenvalue weighted by atomic mass is 10.1. The highest BCUT2D eigenvalue weighted by Gasteiger charge is 2.16. The van der Waals surface area contributed by atoms with Gasteiger partial charge in [0.25, 0.3) is 0 Å². The molecule has 0 radical (unpaired) electrons. The van der Waals surface area contributed by atoms with Gasteiger partial charge in [0.2, 0.25) is 11.7 Å². The van der Waals surface area contributed by atoms with Crippen LogP contribution in [0.15, 0.2) is 61.6 Å². The van der Waals surface area contributed by atoms with Crippen molar-refractivity contribution in [3.8, 4) is 28.4 Å². The van der Waals surface area contributed by atoms with Gasteiger partial charge in [-0.1, -0.05) is 16.8 Å². The maximum atomic E-state index is 13.9. The highest BCUT2D eigenvalue weighted by molar-refractivity contribution is 7.10. The van der Waals surface area contributed by atoms with Gasteiger partial charge in [0.05, 0.1) is 24.8 Å². The van der Waals surface area contributed by atoms with Crippen LogP contribution in [-0.4, -0.2) is 22.2 Å². The molecule has 0 aliphatic carbocycles. The predicted molar refractivity (Wildman–Crippen MR) is 118 cm³/mol. The van der Waals surface area contributed by atoms with Gasteiger partial charge in [-0.05, 0) is 42.5 Å². The van der Waals surface area contributed by atoms with E-state index in [4.69, 9.17) is 25.3 Å². The number of fused-ring (bicyclic) bond motifs is 1. The molecule has 0 saturated heterocycles. The molecule has 0 amide bonds. The maximum Gasteiger partial charge on any atom is 0.345 e. The molecule has 160 valence electrons. The van der Waals surface area contributed by atoms with Crippen molar-refractivity contribution in [3.63, 3.8) is 0 Å². The molecular formula is C22H13ClFN3O4S. The molecule has 3 heterocycles. The van der Waals surface area contributed by atoms with Crippen LogP contribution >= 0.6 is 22.9 Å². The molecular weight excluding hydrogens is 457 g/mol. The fourth-order valence-electron chi connectivity index (χ4n) is 3.17. The summed E-state index contributed by atoms with van der Waals surface area (Å²) in [7, 11) is 1.39. The van der Waals surface area contributed by atoms with Gasteiger partial charge in [0.15, 0.2) is 11.6 Å². The first-order chi connectivity index (χ1) is 15.5. The van der Waals surface area contributed by atoms with Crippen molar-refractivity contribution in [2.45, 2.75) is 6.42 Å². The Labute approximate surface area is 189 Å². The van der Waals surface area contributed by atoms with Gasteiger partial charge < -0.3 is 13.7 Å². The summed E-state index contributed by atoms with van der Waals surface area (Å²) in [5, 5.41) is 7.58. The van der Waals surface area contributed by atoms with Gasteiger partial charge in [0, 0.05) is 21.4 Å². The van der Waals surface area contributed by atoms with Crippen molar-refractivity contribution in [1.29, 1.82) is 0 Å². The van der Waals surface area contributed by atoms with E-state index in [1.807, 2.05) is 0 Å². The number of benzene rings is 2. The second kappa shape index (κ2) is 8.18. The van der Waals surface area contributed by atoms with Gasteiger partial charge in [-0.15, -0.1) is 11.3 Å². The normalized spacial score (nSPS) is 11.2. The molecule has 10 heteroatoms. The lowest BCUT2D eigenvalue weighted by molar-refractivity contribution is 0.384. The van der Waals surface area contributed by atoms with Gasteiger partial charge in [0.1, 0.15) is 10.6 Å². The van der Waals surface area contributed by atoms with Crippen molar-refractivity contribution >= 4 is 33.9 Å². The van der Waals surface area contributed by atoms with Gasteiger partial charge >= 0.3 is 5.63 Å². The Hall–Kier alpha value is -3.56.